The zero-order chi connectivity index (χ0) is 31.9. The second-order valence-electron chi connectivity index (χ2n) is 11.6. The van der Waals surface area contributed by atoms with Crippen LogP contribution < -0.4 is 14.8 Å². The number of carboxylic acid groups (broad SMARTS) is 1. The van der Waals surface area contributed by atoms with Crippen LogP contribution in [0.4, 0.5) is 0 Å². The molecule has 1 heterocycles. The molecule has 2 atom stereocenters. The van der Waals surface area contributed by atoms with Crippen LogP contribution in [-0.4, -0.2) is 71.7 Å². The molecular formula is C32H40Cl2N4O5. The normalized spacial score (nSPS) is 13.0. The lowest BCUT2D eigenvalue weighted by atomic mass is 9.79. The van der Waals surface area contributed by atoms with E-state index in [2.05, 4.69) is 15.2 Å². The fourth-order valence-electron chi connectivity index (χ4n) is 4.61. The molecule has 2 N–H and O–H groups in total. The number of hydrogen-bond donors (Lipinski definition) is 2. The van der Waals surface area contributed by atoms with Crippen LogP contribution in [0.2, 0.25) is 10.0 Å². The number of aromatic nitrogens is 2. The number of nitrogens with one attached hydrogen (secondary N) is 1. The number of amides is 1. The fraction of sp³-hybridized carbons (Fsp3) is 0.438. The number of nitrogens with zero attached hydrogens (tertiary/aromatic N) is 3. The van der Waals surface area contributed by atoms with Crippen LogP contribution in [0.3, 0.4) is 0 Å². The average Bonchev–Trinajstić information content (AvgIpc) is 2.94. The predicted molar refractivity (Wildman–Crippen MR) is 170 cm³/mol. The van der Waals surface area contributed by atoms with Crippen LogP contribution in [0, 0.1) is 11.3 Å². The highest BCUT2D eigenvalue weighted by Crippen LogP contribution is 2.38. The van der Waals surface area contributed by atoms with Gasteiger partial charge < -0.3 is 24.8 Å². The smallest absolute Gasteiger partial charge is 0.308 e. The van der Waals surface area contributed by atoms with Gasteiger partial charge in [-0.1, -0.05) is 50.0 Å². The van der Waals surface area contributed by atoms with E-state index in [0.717, 1.165) is 13.0 Å². The SMILES string of the molecule is CCOc1ccc(Cl)c(-c2ncc(C(=O)N[C@@H](C(C)C(=O)O)C(C)(C)C)nc2-c2ccc(Cl)c(OCCCN(C)C)c2)c1. The molecule has 232 valence electrons. The van der Waals surface area contributed by atoms with Gasteiger partial charge in [0.25, 0.3) is 5.91 Å². The molecule has 43 heavy (non-hydrogen) atoms. The number of aliphatic carboxylic acids is 1. The highest BCUT2D eigenvalue weighted by Gasteiger charge is 2.35. The zero-order valence-corrected chi connectivity index (χ0v) is 27.2. The van der Waals surface area contributed by atoms with E-state index < -0.39 is 29.3 Å². The molecule has 2 aromatic carbocycles. The first-order valence-corrected chi connectivity index (χ1v) is 14.9. The number of halogens is 2. The number of carbonyl (C=O) groups is 2. The first kappa shape index (κ1) is 34.1. The van der Waals surface area contributed by atoms with Crippen molar-refractivity contribution in [2.45, 2.75) is 47.1 Å². The summed E-state index contributed by atoms with van der Waals surface area (Å²) in [5.41, 5.74) is 1.45. The minimum atomic E-state index is -1.01. The van der Waals surface area contributed by atoms with E-state index in [1.807, 2.05) is 41.8 Å². The number of benzene rings is 2. The molecule has 9 nitrogen and oxygen atoms in total. The highest BCUT2D eigenvalue weighted by atomic mass is 35.5. The Morgan fingerprint density at radius 3 is 2.37 bits per heavy atom. The summed E-state index contributed by atoms with van der Waals surface area (Å²) in [5.74, 6) is -1.31. The second kappa shape index (κ2) is 14.9. The summed E-state index contributed by atoms with van der Waals surface area (Å²) in [4.78, 5) is 36.8. The molecule has 1 unspecified atom stereocenters. The van der Waals surface area contributed by atoms with Crippen molar-refractivity contribution in [2.75, 3.05) is 33.9 Å². The van der Waals surface area contributed by atoms with Gasteiger partial charge in [0.15, 0.2) is 0 Å². The summed E-state index contributed by atoms with van der Waals surface area (Å²) in [7, 11) is 3.99. The van der Waals surface area contributed by atoms with Crippen LogP contribution in [0.5, 0.6) is 11.5 Å². The maximum Gasteiger partial charge on any atom is 0.308 e. The Morgan fingerprint density at radius 2 is 1.74 bits per heavy atom. The van der Waals surface area contributed by atoms with Crippen molar-refractivity contribution in [1.82, 2.24) is 20.2 Å². The van der Waals surface area contributed by atoms with Gasteiger partial charge in [0.05, 0.1) is 46.8 Å². The van der Waals surface area contributed by atoms with Gasteiger partial charge in [-0.25, -0.2) is 4.98 Å². The average molecular weight is 632 g/mol. The molecule has 3 rings (SSSR count). The minimum Gasteiger partial charge on any atom is -0.494 e. The Kier molecular flexibility index (Phi) is 11.8. The molecule has 0 aliphatic heterocycles. The summed E-state index contributed by atoms with van der Waals surface area (Å²) < 4.78 is 11.7. The van der Waals surface area contributed by atoms with E-state index in [1.165, 1.54) is 6.20 Å². The van der Waals surface area contributed by atoms with Gasteiger partial charge in [-0.15, -0.1) is 0 Å². The molecule has 0 spiro atoms. The maximum absolute atomic E-state index is 13.5. The standard InChI is InChI=1S/C32H40Cl2N4O5/c1-8-42-21-11-13-23(33)22(17-21)28-27(20-10-12-24(34)26(16-20)43-15-9-14-38(6)7)36-25(18-35-28)30(39)37-29(32(3,4)5)19(2)31(40)41/h10-13,16-19,29H,8-9,14-15H2,1-7H3,(H,37,39)(H,40,41)/t19?,29-/m0/s1. The Morgan fingerprint density at radius 1 is 1.05 bits per heavy atom. The predicted octanol–water partition coefficient (Wildman–Crippen LogP) is 6.71. The molecule has 0 fully saturated rings. The third kappa shape index (κ3) is 9.05. The Labute approximate surface area is 263 Å². The number of carboxylic acids is 1. The number of hydrogen-bond acceptors (Lipinski definition) is 7. The third-order valence-corrected chi connectivity index (χ3v) is 7.47. The first-order chi connectivity index (χ1) is 20.2. The lowest BCUT2D eigenvalue weighted by Crippen LogP contribution is -2.50. The lowest BCUT2D eigenvalue weighted by Gasteiger charge is -2.34. The van der Waals surface area contributed by atoms with Gasteiger partial charge in [0.2, 0.25) is 0 Å². The second-order valence-corrected chi connectivity index (χ2v) is 12.4. The van der Waals surface area contributed by atoms with Crippen LogP contribution in [0.25, 0.3) is 22.5 Å². The Bertz CT molecular complexity index is 1440. The lowest BCUT2D eigenvalue weighted by molar-refractivity contribution is -0.143. The molecule has 1 aromatic heterocycles. The van der Waals surface area contributed by atoms with Crippen LogP contribution in [0.15, 0.2) is 42.6 Å². The van der Waals surface area contributed by atoms with E-state index in [1.54, 1.807) is 43.3 Å². The summed E-state index contributed by atoms with van der Waals surface area (Å²) in [5, 5.41) is 13.4. The molecule has 0 radical (unpaired) electrons. The van der Waals surface area contributed by atoms with Crippen molar-refractivity contribution >= 4 is 35.1 Å². The van der Waals surface area contributed by atoms with Crippen molar-refractivity contribution in [1.29, 1.82) is 0 Å². The molecule has 1 amide bonds. The van der Waals surface area contributed by atoms with Gasteiger partial charge in [0.1, 0.15) is 17.2 Å². The van der Waals surface area contributed by atoms with E-state index in [4.69, 9.17) is 37.7 Å². The van der Waals surface area contributed by atoms with Gasteiger partial charge >= 0.3 is 5.97 Å². The van der Waals surface area contributed by atoms with E-state index in [0.29, 0.717) is 57.3 Å². The molecular weight excluding hydrogens is 591 g/mol. The van der Waals surface area contributed by atoms with Crippen LogP contribution >= 0.6 is 23.2 Å². The first-order valence-electron chi connectivity index (χ1n) is 14.1. The molecule has 11 heteroatoms. The molecule has 0 aliphatic carbocycles. The van der Waals surface area contributed by atoms with Crippen molar-refractivity contribution in [3.05, 3.63) is 58.3 Å². The third-order valence-electron chi connectivity index (χ3n) is 6.83. The fourth-order valence-corrected chi connectivity index (χ4v) is 4.99. The summed E-state index contributed by atoms with van der Waals surface area (Å²) in [6, 6.07) is 9.83. The summed E-state index contributed by atoms with van der Waals surface area (Å²) >= 11 is 13.1. The van der Waals surface area contributed by atoms with Crippen molar-refractivity contribution in [3.8, 4) is 34.0 Å². The summed E-state index contributed by atoms with van der Waals surface area (Å²) in [6.45, 7) is 10.9. The topological polar surface area (TPSA) is 114 Å². The molecule has 0 saturated heterocycles. The van der Waals surface area contributed by atoms with E-state index in [-0.39, 0.29) is 5.69 Å². The minimum absolute atomic E-state index is 0.0195. The number of ether oxygens (including phenoxy) is 2. The van der Waals surface area contributed by atoms with Crippen LogP contribution in [0.1, 0.15) is 51.5 Å². The van der Waals surface area contributed by atoms with Crippen LogP contribution in [-0.2, 0) is 4.79 Å². The quantitative estimate of drug-likeness (QED) is 0.200. The zero-order valence-electron chi connectivity index (χ0n) is 25.7. The van der Waals surface area contributed by atoms with Gasteiger partial charge in [0, 0.05) is 23.7 Å². The monoisotopic (exact) mass is 630 g/mol. The largest absolute Gasteiger partial charge is 0.494 e. The van der Waals surface area contributed by atoms with Gasteiger partial charge in [-0.05, 0) is 70.1 Å². The van der Waals surface area contributed by atoms with E-state index in [9.17, 15) is 14.7 Å². The van der Waals surface area contributed by atoms with Gasteiger partial charge in [-0.3, -0.25) is 14.6 Å². The van der Waals surface area contributed by atoms with Crippen molar-refractivity contribution in [3.63, 3.8) is 0 Å². The maximum atomic E-state index is 13.5. The molecule has 0 aliphatic rings. The Hall–Kier alpha value is -3.40. The van der Waals surface area contributed by atoms with Crippen molar-refractivity contribution in [2.24, 2.45) is 11.3 Å². The number of carbonyl (C=O) groups excluding carboxylic acids is 1. The molecule has 0 saturated carbocycles. The molecule has 0 bridgehead atoms. The van der Waals surface area contributed by atoms with Gasteiger partial charge in [-0.2, -0.15) is 0 Å². The Balaban J connectivity index is 2.12. The van der Waals surface area contributed by atoms with E-state index >= 15 is 0 Å². The number of rotatable bonds is 13. The van der Waals surface area contributed by atoms with Crippen molar-refractivity contribution < 1.29 is 24.2 Å². The summed E-state index contributed by atoms with van der Waals surface area (Å²) in [6.07, 6.45) is 2.16. The highest BCUT2D eigenvalue weighted by molar-refractivity contribution is 6.33. The molecule has 3 aromatic rings.